The number of allylic oxidation sites excluding steroid dienone is 1. The van der Waals surface area contributed by atoms with Gasteiger partial charge < -0.3 is 0 Å². The fourth-order valence-electron chi connectivity index (χ4n) is 1.11. The minimum atomic E-state index is 0.829. The molecule has 0 radical (unpaired) electrons. The molecule has 11 heavy (non-hydrogen) atoms. The molecule has 0 saturated heterocycles. The Morgan fingerprint density at radius 2 is 2.36 bits per heavy atom. The van der Waals surface area contributed by atoms with Crippen LogP contribution in [0.2, 0.25) is 0 Å². The highest BCUT2D eigenvalue weighted by molar-refractivity contribution is 5.52. The topological polar surface area (TPSA) is 38.7 Å². The SMILES string of the molecule is CCc1nnc2c(n1)C=CC2. The van der Waals surface area contributed by atoms with Crippen molar-refractivity contribution in [3.05, 3.63) is 23.3 Å². The van der Waals surface area contributed by atoms with Crippen molar-refractivity contribution in [1.82, 2.24) is 15.2 Å². The summed E-state index contributed by atoms with van der Waals surface area (Å²) < 4.78 is 0. The Morgan fingerprint density at radius 1 is 1.45 bits per heavy atom. The summed E-state index contributed by atoms with van der Waals surface area (Å²) in [5.74, 6) is 0.829. The third-order valence-corrected chi connectivity index (χ3v) is 1.73. The molecular formula is C8H9N3. The molecular weight excluding hydrogens is 138 g/mol. The van der Waals surface area contributed by atoms with Crippen molar-refractivity contribution in [2.45, 2.75) is 19.8 Å². The molecule has 0 spiro atoms. The summed E-state index contributed by atoms with van der Waals surface area (Å²) in [5.41, 5.74) is 2.00. The number of fused-ring (bicyclic) bond motifs is 1. The zero-order chi connectivity index (χ0) is 7.68. The van der Waals surface area contributed by atoms with Crippen LogP contribution in [0.5, 0.6) is 0 Å². The van der Waals surface area contributed by atoms with Crippen molar-refractivity contribution >= 4 is 6.08 Å². The Kier molecular flexibility index (Phi) is 1.42. The summed E-state index contributed by atoms with van der Waals surface area (Å²) in [5, 5.41) is 8.02. The quantitative estimate of drug-likeness (QED) is 0.595. The van der Waals surface area contributed by atoms with Crippen LogP contribution in [0.1, 0.15) is 24.1 Å². The van der Waals surface area contributed by atoms with E-state index in [9.17, 15) is 0 Å². The van der Waals surface area contributed by atoms with Crippen LogP contribution in [0.25, 0.3) is 6.08 Å². The van der Waals surface area contributed by atoms with Crippen LogP contribution in [-0.4, -0.2) is 15.2 Å². The second-order valence-corrected chi connectivity index (χ2v) is 2.52. The Balaban J connectivity index is 2.47. The Labute approximate surface area is 65.2 Å². The summed E-state index contributed by atoms with van der Waals surface area (Å²) in [4.78, 5) is 4.31. The zero-order valence-corrected chi connectivity index (χ0v) is 6.41. The lowest BCUT2D eigenvalue weighted by Gasteiger charge is -1.96. The lowest BCUT2D eigenvalue weighted by atomic mass is 10.3. The highest BCUT2D eigenvalue weighted by atomic mass is 15.2. The molecule has 1 aliphatic carbocycles. The molecule has 0 bridgehead atoms. The Morgan fingerprint density at radius 3 is 3.18 bits per heavy atom. The molecule has 0 atom stereocenters. The van der Waals surface area contributed by atoms with Gasteiger partial charge in [0.25, 0.3) is 0 Å². The van der Waals surface area contributed by atoms with Crippen molar-refractivity contribution in [1.29, 1.82) is 0 Å². The molecule has 0 fully saturated rings. The van der Waals surface area contributed by atoms with Gasteiger partial charge in [-0.15, -0.1) is 5.10 Å². The number of aromatic nitrogens is 3. The molecule has 3 heteroatoms. The fraction of sp³-hybridized carbons (Fsp3) is 0.375. The van der Waals surface area contributed by atoms with Crippen molar-refractivity contribution in [2.24, 2.45) is 0 Å². The van der Waals surface area contributed by atoms with Crippen LogP contribution in [0.4, 0.5) is 0 Å². The van der Waals surface area contributed by atoms with Crippen molar-refractivity contribution in [2.75, 3.05) is 0 Å². The molecule has 0 unspecified atom stereocenters. The first-order chi connectivity index (χ1) is 5.40. The predicted molar refractivity (Wildman–Crippen MR) is 41.9 cm³/mol. The maximum absolute atomic E-state index is 4.31. The summed E-state index contributed by atoms with van der Waals surface area (Å²) in [6, 6.07) is 0. The van der Waals surface area contributed by atoms with Gasteiger partial charge >= 0.3 is 0 Å². The molecule has 0 amide bonds. The molecule has 2 rings (SSSR count). The average Bonchev–Trinajstić information content (AvgIpc) is 2.50. The largest absolute Gasteiger partial charge is 0.230 e. The van der Waals surface area contributed by atoms with Gasteiger partial charge in [-0.3, -0.25) is 0 Å². The summed E-state index contributed by atoms with van der Waals surface area (Å²) in [6.07, 6.45) is 5.81. The molecule has 56 valence electrons. The van der Waals surface area contributed by atoms with Gasteiger partial charge in [0.2, 0.25) is 0 Å². The highest BCUT2D eigenvalue weighted by Gasteiger charge is 2.08. The van der Waals surface area contributed by atoms with Crippen LogP contribution >= 0.6 is 0 Å². The third-order valence-electron chi connectivity index (χ3n) is 1.73. The van der Waals surface area contributed by atoms with E-state index in [-0.39, 0.29) is 0 Å². The van der Waals surface area contributed by atoms with Crippen LogP contribution in [-0.2, 0) is 12.8 Å². The van der Waals surface area contributed by atoms with Gasteiger partial charge in [-0.25, -0.2) is 4.98 Å². The number of rotatable bonds is 1. The lowest BCUT2D eigenvalue weighted by Crippen LogP contribution is -2.01. The van der Waals surface area contributed by atoms with Gasteiger partial charge in [-0.2, -0.15) is 5.10 Å². The van der Waals surface area contributed by atoms with Crippen molar-refractivity contribution < 1.29 is 0 Å². The molecule has 1 aromatic rings. The van der Waals surface area contributed by atoms with E-state index < -0.39 is 0 Å². The van der Waals surface area contributed by atoms with Gasteiger partial charge in [0.15, 0.2) is 5.82 Å². The smallest absolute Gasteiger partial charge is 0.151 e. The molecule has 0 aliphatic heterocycles. The van der Waals surface area contributed by atoms with Gasteiger partial charge in [0, 0.05) is 12.8 Å². The van der Waals surface area contributed by atoms with Crippen molar-refractivity contribution in [3.63, 3.8) is 0 Å². The fourth-order valence-corrected chi connectivity index (χ4v) is 1.11. The van der Waals surface area contributed by atoms with E-state index in [1.807, 2.05) is 13.0 Å². The second-order valence-electron chi connectivity index (χ2n) is 2.52. The number of aryl methyl sites for hydroxylation is 1. The normalized spacial score (nSPS) is 13.5. The second kappa shape index (κ2) is 2.42. The zero-order valence-electron chi connectivity index (χ0n) is 6.41. The standard InChI is InChI=1S/C8H9N3/c1-2-8-9-6-4-3-5-7(6)10-11-8/h3-4H,2,5H2,1H3. The maximum atomic E-state index is 4.31. The van der Waals surface area contributed by atoms with E-state index in [0.29, 0.717) is 0 Å². The van der Waals surface area contributed by atoms with Gasteiger partial charge in [-0.05, 0) is 6.08 Å². The number of nitrogens with zero attached hydrogens (tertiary/aromatic N) is 3. The summed E-state index contributed by atoms with van der Waals surface area (Å²) in [6.45, 7) is 2.03. The Hall–Kier alpha value is -1.25. The maximum Gasteiger partial charge on any atom is 0.151 e. The molecule has 0 N–H and O–H groups in total. The Bertz CT molecular complexity index is 304. The first-order valence-corrected chi connectivity index (χ1v) is 3.79. The van der Waals surface area contributed by atoms with E-state index >= 15 is 0 Å². The van der Waals surface area contributed by atoms with Crippen LogP contribution in [0, 0.1) is 0 Å². The van der Waals surface area contributed by atoms with E-state index in [1.54, 1.807) is 0 Å². The molecule has 1 aromatic heterocycles. The van der Waals surface area contributed by atoms with Gasteiger partial charge in [-0.1, -0.05) is 13.0 Å². The summed E-state index contributed by atoms with van der Waals surface area (Å²) in [7, 11) is 0. The molecule has 1 aliphatic rings. The minimum absolute atomic E-state index is 0.829. The molecule has 0 saturated carbocycles. The van der Waals surface area contributed by atoms with E-state index in [0.717, 1.165) is 30.1 Å². The predicted octanol–water partition coefficient (Wildman–Crippen LogP) is 1.00. The van der Waals surface area contributed by atoms with Crippen LogP contribution in [0.15, 0.2) is 6.08 Å². The first kappa shape index (κ1) is 6.46. The average molecular weight is 147 g/mol. The molecule has 1 heterocycles. The number of hydrogen-bond donors (Lipinski definition) is 0. The van der Waals surface area contributed by atoms with Crippen LogP contribution in [0.3, 0.4) is 0 Å². The first-order valence-electron chi connectivity index (χ1n) is 3.79. The monoisotopic (exact) mass is 147 g/mol. The van der Waals surface area contributed by atoms with E-state index in [2.05, 4.69) is 21.3 Å². The van der Waals surface area contributed by atoms with Crippen LogP contribution < -0.4 is 0 Å². The minimum Gasteiger partial charge on any atom is -0.230 e. The lowest BCUT2D eigenvalue weighted by molar-refractivity contribution is 0.815. The van der Waals surface area contributed by atoms with Gasteiger partial charge in [0.05, 0.1) is 11.4 Å². The van der Waals surface area contributed by atoms with E-state index in [1.165, 1.54) is 0 Å². The highest BCUT2D eigenvalue weighted by Crippen LogP contribution is 2.12. The molecule has 3 nitrogen and oxygen atoms in total. The van der Waals surface area contributed by atoms with Gasteiger partial charge in [0.1, 0.15) is 0 Å². The third kappa shape index (κ3) is 1.02. The molecule has 0 aromatic carbocycles. The number of hydrogen-bond acceptors (Lipinski definition) is 3. The summed E-state index contributed by atoms with van der Waals surface area (Å²) >= 11 is 0. The van der Waals surface area contributed by atoms with E-state index in [4.69, 9.17) is 0 Å². The van der Waals surface area contributed by atoms with Crippen molar-refractivity contribution in [3.8, 4) is 0 Å².